The second-order valence-electron chi connectivity index (χ2n) is 6.77. The fourth-order valence-corrected chi connectivity index (χ4v) is 3.36. The van der Waals surface area contributed by atoms with Crippen molar-refractivity contribution in [2.45, 2.75) is 12.5 Å². The molecule has 2 aliphatic rings. The van der Waals surface area contributed by atoms with E-state index in [2.05, 4.69) is 22.3 Å². The molecule has 0 aliphatic carbocycles. The number of hydrogen-bond acceptors (Lipinski definition) is 5. The van der Waals surface area contributed by atoms with Crippen LogP contribution in [0.3, 0.4) is 0 Å². The zero-order valence-electron chi connectivity index (χ0n) is 15.2. The van der Waals surface area contributed by atoms with Gasteiger partial charge in [-0.1, -0.05) is 30.3 Å². The first-order chi connectivity index (χ1) is 13.3. The number of anilines is 1. The highest BCUT2D eigenvalue weighted by molar-refractivity contribution is 5.92. The van der Waals surface area contributed by atoms with Gasteiger partial charge in [0.2, 0.25) is 5.91 Å². The zero-order valence-corrected chi connectivity index (χ0v) is 15.2. The van der Waals surface area contributed by atoms with Gasteiger partial charge in [-0.05, 0) is 17.7 Å². The smallest absolute Gasteiger partial charge is 0.238 e. The Balaban J connectivity index is 1.34. The van der Waals surface area contributed by atoms with Crippen LogP contribution in [-0.2, 0) is 9.53 Å². The van der Waals surface area contributed by atoms with Gasteiger partial charge in [0, 0.05) is 31.3 Å². The number of ether oxygens (including phenoxy) is 3. The van der Waals surface area contributed by atoms with E-state index in [4.69, 9.17) is 14.2 Å². The second kappa shape index (κ2) is 8.41. The quantitative estimate of drug-likeness (QED) is 0.899. The van der Waals surface area contributed by atoms with Gasteiger partial charge in [-0.3, -0.25) is 9.69 Å². The molecular formula is C21H24N2O4. The van der Waals surface area contributed by atoms with Crippen LogP contribution in [0, 0.1) is 0 Å². The fraction of sp³-hybridized carbons (Fsp3) is 0.381. The summed E-state index contributed by atoms with van der Waals surface area (Å²) < 4.78 is 17.2. The maximum atomic E-state index is 12.5. The summed E-state index contributed by atoms with van der Waals surface area (Å²) in [4.78, 5) is 14.6. The molecule has 0 aromatic heterocycles. The molecule has 1 saturated heterocycles. The first kappa shape index (κ1) is 17.8. The lowest BCUT2D eigenvalue weighted by molar-refractivity contribution is -0.119. The van der Waals surface area contributed by atoms with Crippen LogP contribution >= 0.6 is 0 Å². The van der Waals surface area contributed by atoms with Crippen molar-refractivity contribution < 1.29 is 19.0 Å². The van der Waals surface area contributed by atoms with Crippen LogP contribution in [0.4, 0.5) is 5.69 Å². The lowest BCUT2D eigenvalue weighted by Gasteiger charge is -2.32. The van der Waals surface area contributed by atoms with Crippen LogP contribution < -0.4 is 14.8 Å². The van der Waals surface area contributed by atoms with Gasteiger partial charge in [-0.25, -0.2) is 0 Å². The Kier molecular flexibility index (Phi) is 5.55. The molecule has 2 heterocycles. The van der Waals surface area contributed by atoms with E-state index >= 15 is 0 Å². The Morgan fingerprint density at radius 1 is 1.04 bits per heavy atom. The normalized spacial score (nSPS) is 19.9. The second-order valence-corrected chi connectivity index (χ2v) is 6.77. The summed E-state index contributed by atoms with van der Waals surface area (Å²) in [5.74, 6) is 1.36. The molecule has 2 aromatic rings. The van der Waals surface area contributed by atoms with Gasteiger partial charge in [-0.15, -0.1) is 0 Å². The van der Waals surface area contributed by atoms with Gasteiger partial charge in [-0.2, -0.15) is 0 Å². The Morgan fingerprint density at radius 3 is 2.70 bits per heavy atom. The molecule has 1 N–H and O–H groups in total. The average Bonchev–Trinajstić information content (AvgIpc) is 2.94. The third-order valence-corrected chi connectivity index (χ3v) is 4.72. The van der Waals surface area contributed by atoms with Gasteiger partial charge < -0.3 is 19.5 Å². The van der Waals surface area contributed by atoms with Crippen molar-refractivity contribution in [1.82, 2.24) is 4.90 Å². The summed E-state index contributed by atoms with van der Waals surface area (Å²) in [6.07, 6.45) is 0.862. The molecule has 0 spiro atoms. The lowest BCUT2D eigenvalue weighted by atomic mass is 10.1. The molecule has 2 aromatic carbocycles. The minimum absolute atomic E-state index is 0.00536. The Labute approximate surface area is 159 Å². The number of carbonyl (C=O) groups excluding carboxylic acids is 1. The average molecular weight is 368 g/mol. The molecule has 6 heteroatoms. The molecule has 0 radical (unpaired) electrons. The molecule has 2 aliphatic heterocycles. The van der Waals surface area contributed by atoms with Gasteiger partial charge in [0.1, 0.15) is 0 Å². The number of carbonyl (C=O) groups is 1. The first-order valence-corrected chi connectivity index (χ1v) is 9.36. The van der Waals surface area contributed by atoms with Crippen LogP contribution in [0.25, 0.3) is 0 Å². The van der Waals surface area contributed by atoms with E-state index < -0.39 is 0 Å². The lowest BCUT2D eigenvalue weighted by Crippen LogP contribution is -2.42. The number of fused-ring (bicyclic) bond motifs is 1. The molecule has 27 heavy (non-hydrogen) atoms. The summed E-state index contributed by atoms with van der Waals surface area (Å²) in [5.41, 5.74) is 1.86. The largest absolute Gasteiger partial charge is 0.490 e. The molecule has 0 bridgehead atoms. The number of nitrogens with one attached hydrogen (secondary N) is 1. The minimum atomic E-state index is -0.0433. The monoisotopic (exact) mass is 368 g/mol. The van der Waals surface area contributed by atoms with Gasteiger partial charge in [0.25, 0.3) is 0 Å². The molecule has 4 rings (SSSR count). The molecule has 6 nitrogen and oxygen atoms in total. The number of rotatable bonds is 4. The van der Waals surface area contributed by atoms with Crippen LogP contribution in [-0.4, -0.2) is 50.3 Å². The van der Waals surface area contributed by atoms with E-state index in [0.29, 0.717) is 38.7 Å². The standard InChI is InChI=1S/C21H24N2O4/c24-21(22-17-7-8-18-19(13-17)26-11-4-10-25-18)15-23-9-12-27-20(14-23)16-5-2-1-3-6-16/h1-3,5-8,13,20H,4,9-12,14-15H2,(H,22,24). The van der Waals surface area contributed by atoms with E-state index in [1.807, 2.05) is 36.4 Å². The summed E-state index contributed by atoms with van der Waals surface area (Å²) in [6, 6.07) is 15.6. The third-order valence-electron chi connectivity index (χ3n) is 4.72. The highest BCUT2D eigenvalue weighted by Gasteiger charge is 2.23. The number of morpholine rings is 1. The Hall–Kier alpha value is -2.57. The molecule has 1 fully saturated rings. The predicted octanol–water partition coefficient (Wildman–Crippen LogP) is 2.86. The Bertz CT molecular complexity index is 781. The summed E-state index contributed by atoms with van der Waals surface area (Å²) in [5, 5.41) is 2.96. The van der Waals surface area contributed by atoms with Crippen molar-refractivity contribution in [2.75, 3.05) is 44.8 Å². The van der Waals surface area contributed by atoms with E-state index in [9.17, 15) is 4.79 Å². The van der Waals surface area contributed by atoms with E-state index in [-0.39, 0.29) is 12.0 Å². The molecule has 1 unspecified atom stereocenters. The topological polar surface area (TPSA) is 60.0 Å². The molecule has 1 amide bonds. The minimum Gasteiger partial charge on any atom is -0.490 e. The predicted molar refractivity (Wildman–Crippen MR) is 102 cm³/mol. The number of nitrogens with zero attached hydrogens (tertiary/aromatic N) is 1. The van der Waals surface area contributed by atoms with Gasteiger partial charge >= 0.3 is 0 Å². The number of amides is 1. The van der Waals surface area contributed by atoms with E-state index in [1.165, 1.54) is 0 Å². The van der Waals surface area contributed by atoms with Crippen LogP contribution in [0.1, 0.15) is 18.1 Å². The highest BCUT2D eigenvalue weighted by Crippen LogP contribution is 2.32. The van der Waals surface area contributed by atoms with Crippen molar-refractivity contribution in [1.29, 1.82) is 0 Å². The van der Waals surface area contributed by atoms with Crippen LogP contribution in [0.5, 0.6) is 11.5 Å². The molecule has 142 valence electrons. The van der Waals surface area contributed by atoms with E-state index in [0.717, 1.165) is 30.0 Å². The zero-order chi connectivity index (χ0) is 18.5. The van der Waals surface area contributed by atoms with Crippen LogP contribution in [0.15, 0.2) is 48.5 Å². The van der Waals surface area contributed by atoms with Crippen molar-refractivity contribution in [2.24, 2.45) is 0 Å². The van der Waals surface area contributed by atoms with Crippen molar-refractivity contribution in [3.05, 3.63) is 54.1 Å². The molecular weight excluding hydrogens is 344 g/mol. The number of benzene rings is 2. The van der Waals surface area contributed by atoms with Gasteiger partial charge in [0.15, 0.2) is 11.5 Å². The SMILES string of the molecule is O=C(CN1CCOC(c2ccccc2)C1)Nc1ccc2c(c1)OCCCO2. The first-order valence-electron chi connectivity index (χ1n) is 9.36. The van der Waals surface area contributed by atoms with Crippen molar-refractivity contribution in [3.8, 4) is 11.5 Å². The summed E-state index contributed by atoms with van der Waals surface area (Å²) in [6.45, 7) is 3.69. The maximum absolute atomic E-state index is 12.5. The molecule has 0 saturated carbocycles. The highest BCUT2D eigenvalue weighted by atomic mass is 16.5. The maximum Gasteiger partial charge on any atom is 0.238 e. The van der Waals surface area contributed by atoms with Crippen LogP contribution in [0.2, 0.25) is 0 Å². The fourth-order valence-electron chi connectivity index (χ4n) is 3.36. The summed E-state index contributed by atoms with van der Waals surface area (Å²) >= 11 is 0. The van der Waals surface area contributed by atoms with Crippen molar-refractivity contribution in [3.63, 3.8) is 0 Å². The number of hydrogen-bond donors (Lipinski definition) is 1. The Morgan fingerprint density at radius 2 is 1.85 bits per heavy atom. The molecule has 1 atom stereocenters. The van der Waals surface area contributed by atoms with E-state index in [1.54, 1.807) is 0 Å². The van der Waals surface area contributed by atoms with Gasteiger partial charge in [0.05, 0.1) is 32.5 Å². The summed E-state index contributed by atoms with van der Waals surface area (Å²) in [7, 11) is 0. The third kappa shape index (κ3) is 4.59. The van der Waals surface area contributed by atoms with Crippen molar-refractivity contribution >= 4 is 11.6 Å².